The molecule has 0 saturated carbocycles. The molecule has 174 valence electrons. The van der Waals surface area contributed by atoms with E-state index in [1.165, 1.54) is 11.8 Å². The molecular formula is C26H26N4O3S. The van der Waals surface area contributed by atoms with Gasteiger partial charge in [-0.3, -0.25) is 24.6 Å². The summed E-state index contributed by atoms with van der Waals surface area (Å²) < 4.78 is 6.94. The molecule has 2 aromatic carbocycles. The van der Waals surface area contributed by atoms with Gasteiger partial charge in [0.2, 0.25) is 0 Å². The molecule has 2 amide bonds. The van der Waals surface area contributed by atoms with Crippen LogP contribution >= 0.6 is 11.8 Å². The van der Waals surface area contributed by atoms with Crippen molar-refractivity contribution in [2.45, 2.75) is 13.8 Å². The molecule has 0 atom stereocenters. The fourth-order valence-corrected chi connectivity index (χ4v) is 4.60. The Morgan fingerprint density at radius 1 is 1.09 bits per heavy atom. The monoisotopic (exact) mass is 474 g/mol. The first kappa shape index (κ1) is 23.5. The second-order valence-corrected chi connectivity index (χ2v) is 8.77. The minimum absolute atomic E-state index is 0.116. The van der Waals surface area contributed by atoms with E-state index in [2.05, 4.69) is 10.4 Å². The maximum Gasteiger partial charge on any atom is 0.270 e. The Hall–Kier alpha value is -3.62. The van der Waals surface area contributed by atoms with E-state index in [4.69, 9.17) is 4.74 Å². The molecule has 1 N–H and O–H groups in total. The molecule has 1 aromatic heterocycles. The summed E-state index contributed by atoms with van der Waals surface area (Å²) in [5.74, 6) is -0.314. The lowest BCUT2D eigenvalue weighted by Crippen LogP contribution is -2.32. The quantitative estimate of drug-likeness (QED) is 0.502. The number of carbonyl (C=O) groups excluding carboxylic acids is 2. The fourth-order valence-electron chi connectivity index (χ4n) is 3.59. The SMILES string of the molecule is COCCN1C(=O)/C(=C/c2cc(C)n(NC(=O)c3ccccc3)c2C)SC1=Nc1ccccc1. The Balaban J connectivity index is 1.62. The number of para-hydroxylation sites is 1. The molecule has 7 nitrogen and oxygen atoms in total. The summed E-state index contributed by atoms with van der Waals surface area (Å²) in [4.78, 5) is 32.7. The molecule has 0 unspecified atom stereocenters. The van der Waals surface area contributed by atoms with Gasteiger partial charge in [0.05, 0.1) is 23.7 Å². The first-order chi connectivity index (χ1) is 16.5. The van der Waals surface area contributed by atoms with Crippen LogP contribution in [0.1, 0.15) is 27.3 Å². The Morgan fingerprint density at radius 2 is 1.76 bits per heavy atom. The van der Waals surface area contributed by atoms with Gasteiger partial charge >= 0.3 is 0 Å². The fraction of sp³-hybridized carbons (Fsp3) is 0.192. The van der Waals surface area contributed by atoms with Crippen LogP contribution in [0.2, 0.25) is 0 Å². The number of nitrogens with zero attached hydrogens (tertiary/aromatic N) is 3. The maximum absolute atomic E-state index is 13.2. The summed E-state index contributed by atoms with van der Waals surface area (Å²) >= 11 is 1.34. The molecule has 4 rings (SSSR count). The van der Waals surface area contributed by atoms with Gasteiger partial charge in [-0.25, -0.2) is 4.99 Å². The highest BCUT2D eigenvalue weighted by Crippen LogP contribution is 2.34. The zero-order valence-corrected chi connectivity index (χ0v) is 20.1. The van der Waals surface area contributed by atoms with Gasteiger partial charge in [0.25, 0.3) is 11.8 Å². The average Bonchev–Trinajstić information content (AvgIpc) is 3.28. The average molecular weight is 475 g/mol. The van der Waals surface area contributed by atoms with E-state index in [9.17, 15) is 9.59 Å². The van der Waals surface area contributed by atoms with Crippen LogP contribution in [-0.2, 0) is 9.53 Å². The Labute approximate surface area is 203 Å². The molecule has 2 heterocycles. The lowest BCUT2D eigenvalue weighted by atomic mass is 10.2. The van der Waals surface area contributed by atoms with Gasteiger partial charge in [-0.15, -0.1) is 0 Å². The number of aliphatic imine (C=N–C) groups is 1. The Bertz CT molecular complexity index is 1250. The molecule has 3 aromatic rings. The van der Waals surface area contributed by atoms with Crippen LogP contribution in [-0.4, -0.2) is 46.8 Å². The van der Waals surface area contributed by atoms with Crippen molar-refractivity contribution in [3.63, 3.8) is 0 Å². The van der Waals surface area contributed by atoms with Gasteiger partial charge in [-0.1, -0.05) is 36.4 Å². The first-order valence-corrected chi connectivity index (χ1v) is 11.7. The molecule has 0 bridgehead atoms. The van der Waals surface area contributed by atoms with Crippen LogP contribution in [0.5, 0.6) is 0 Å². The van der Waals surface area contributed by atoms with Gasteiger partial charge < -0.3 is 4.74 Å². The number of hydrogen-bond donors (Lipinski definition) is 1. The van der Waals surface area contributed by atoms with E-state index in [0.29, 0.717) is 28.8 Å². The van der Waals surface area contributed by atoms with Crippen LogP contribution < -0.4 is 5.43 Å². The van der Waals surface area contributed by atoms with Gasteiger partial charge in [-0.2, -0.15) is 0 Å². The summed E-state index contributed by atoms with van der Waals surface area (Å²) in [7, 11) is 1.61. The maximum atomic E-state index is 13.2. The number of rotatable bonds is 7. The number of thioether (sulfide) groups is 1. The number of benzene rings is 2. The molecule has 1 aliphatic rings. The second-order valence-electron chi connectivity index (χ2n) is 7.76. The van der Waals surface area contributed by atoms with Crippen molar-refractivity contribution in [2.24, 2.45) is 4.99 Å². The van der Waals surface area contributed by atoms with Crippen molar-refractivity contribution >= 4 is 40.5 Å². The number of methoxy groups -OCH3 is 1. The molecular weight excluding hydrogens is 448 g/mol. The number of carbonyl (C=O) groups is 2. The minimum Gasteiger partial charge on any atom is -0.383 e. The first-order valence-electron chi connectivity index (χ1n) is 10.9. The Morgan fingerprint density at radius 3 is 2.44 bits per heavy atom. The number of ether oxygens (including phenoxy) is 1. The number of aromatic nitrogens is 1. The predicted octanol–water partition coefficient (Wildman–Crippen LogP) is 4.74. The molecule has 0 radical (unpaired) electrons. The topological polar surface area (TPSA) is 75.9 Å². The molecule has 34 heavy (non-hydrogen) atoms. The largest absolute Gasteiger partial charge is 0.383 e. The molecule has 8 heteroatoms. The van der Waals surface area contributed by atoms with Crippen molar-refractivity contribution < 1.29 is 14.3 Å². The van der Waals surface area contributed by atoms with E-state index < -0.39 is 0 Å². The third kappa shape index (κ3) is 5.13. The lowest BCUT2D eigenvalue weighted by Gasteiger charge is -2.14. The lowest BCUT2D eigenvalue weighted by molar-refractivity contribution is -0.122. The summed E-state index contributed by atoms with van der Waals surface area (Å²) in [6, 6.07) is 20.6. The molecule has 1 saturated heterocycles. The number of nitrogens with one attached hydrogen (secondary N) is 1. The number of aryl methyl sites for hydroxylation is 1. The third-order valence-corrected chi connectivity index (χ3v) is 6.40. The van der Waals surface area contributed by atoms with Crippen LogP contribution in [0, 0.1) is 13.8 Å². The molecule has 0 spiro atoms. The predicted molar refractivity (Wildman–Crippen MR) is 137 cm³/mol. The van der Waals surface area contributed by atoms with Crippen LogP contribution in [0.15, 0.2) is 76.6 Å². The molecule has 0 aliphatic carbocycles. The smallest absolute Gasteiger partial charge is 0.270 e. The van der Waals surface area contributed by atoms with E-state index in [1.54, 1.807) is 28.8 Å². The van der Waals surface area contributed by atoms with E-state index in [0.717, 1.165) is 22.6 Å². The van der Waals surface area contributed by atoms with Gasteiger partial charge in [-0.05, 0) is 67.6 Å². The van der Waals surface area contributed by atoms with E-state index in [-0.39, 0.29) is 11.8 Å². The number of hydrogen-bond acceptors (Lipinski definition) is 5. The van der Waals surface area contributed by atoms with Crippen LogP contribution in [0.3, 0.4) is 0 Å². The summed E-state index contributed by atoms with van der Waals surface area (Å²) in [6.45, 7) is 4.65. The number of amidine groups is 1. The van der Waals surface area contributed by atoms with Crippen molar-refractivity contribution in [3.8, 4) is 0 Å². The van der Waals surface area contributed by atoms with Crippen LogP contribution in [0.25, 0.3) is 6.08 Å². The second kappa shape index (κ2) is 10.5. The summed E-state index contributed by atoms with van der Waals surface area (Å²) in [5.41, 5.74) is 6.84. The molecule has 1 fully saturated rings. The normalized spacial score (nSPS) is 16.0. The summed E-state index contributed by atoms with van der Waals surface area (Å²) in [6.07, 6.45) is 1.85. The zero-order valence-electron chi connectivity index (χ0n) is 19.3. The van der Waals surface area contributed by atoms with E-state index >= 15 is 0 Å². The standard InChI is InChI=1S/C26H26N4O3S/c1-18-16-21(19(2)30(18)28-24(31)20-10-6-4-7-11-20)17-23-25(32)29(14-15-33-3)26(34-23)27-22-12-8-5-9-13-22/h4-13,16-17H,14-15H2,1-3H3,(H,28,31)/b23-17-,27-26?. The van der Waals surface area contributed by atoms with Crippen molar-refractivity contribution in [1.82, 2.24) is 9.58 Å². The highest BCUT2D eigenvalue weighted by atomic mass is 32.2. The van der Waals surface area contributed by atoms with Crippen molar-refractivity contribution in [2.75, 3.05) is 25.7 Å². The zero-order chi connectivity index (χ0) is 24.1. The van der Waals surface area contributed by atoms with Gasteiger partial charge in [0.15, 0.2) is 5.17 Å². The third-order valence-electron chi connectivity index (χ3n) is 5.39. The number of amides is 2. The Kier molecular flexibility index (Phi) is 7.30. The van der Waals surface area contributed by atoms with Crippen molar-refractivity contribution in [3.05, 3.63) is 94.1 Å². The highest BCUT2D eigenvalue weighted by Gasteiger charge is 2.33. The van der Waals surface area contributed by atoms with Crippen molar-refractivity contribution in [1.29, 1.82) is 0 Å². The van der Waals surface area contributed by atoms with Gasteiger partial charge in [0.1, 0.15) is 0 Å². The minimum atomic E-state index is -0.198. The molecule has 1 aliphatic heterocycles. The highest BCUT2D eigenvalue weighted by molar-refractivity contribution is 8.18. The van der Waals surface area contributed by atoms with Gasteiger partial charge in [0, 0.05) is 24.1 Å². The summed E-state index contributed by atoms with van der Waals surface area (Å²) in [5, 5.41) is 0.616. The van der Waals surface area contributed by atoms with E-state index in [1.807, 2.05) is 74.5 Å². The van der Waals surface area contributed by atoms with Crippen LogP contribution in [0.4, 0.5) is 5.69 Å².